The lowest BCUT2D eigenvalue weighted by Gasteiger charge is -2.16. The molecule has 0 bridgehead atoms. The number of carbonyl (C=O) groups excluding carboxylic acids is 2. The Labute approximate surface area is 162 Å². The average Bonchev–Trinajstić information content (AvgIpc) is 3.08. The Morgan fingerprint density at radius 1 is 1.19 bits per heavy atom. The van der Waals surface area contributed by atoms with E-state index in [0.717, 1.165) is 19.3 Å². The van der Waals surface area contributed by atoms with Gasteiger partial charge in [0.1, 0.15) is 0 Å². The number of nitrogens with one attached hydrogen (secondary N) is 2. The highest BCUT2D eigenvalue weighted by molar-refractivity contribution is 7.91. The van der Waals surface area contributed by atoms with Gasteiger partial charge in [-0.15, -0.1) is 11.3 Å². The van der Waals surface area contributed by atoms with E-state index >= 15 is 0 Å². The molecular weight excluding hydrogens is 384 g/mol. The zero-order valence-corrected chi connectivity index (χ0v) is 16.7. The van der Waals surface area contributed by atoms with Crippen molar-refractivity contribution in [2.45, 2.75) is 37.5 Å². The number of hydrogen-bond acceptors (Lipinski definition) is 5. The van der Waals surface area contributed by atoms with Crippen LogP contribution in [-0.4, -0.2) is 26.0 Å². The maximum Gasteiger partial charge on any atom is 0.279 e. The third-order valence-corrected chi connectivity index (χ3v) is 7.54. The van der Waals surface area contributed by atoms with Crippen LogP contribution in [0.25, 0.3) is 0 Å². The fourth-order valence-corrected chi connectivity index (χ4v) is 5.41. The first-order chi connectivity index (χ1) is 12.8. The van der Waals surface area contributed by atoms with Gasteiger partial charge in [-0.2, -0.15) is 0 Å². The first kappa shape index (κ1) is 19.6. The summed E-state index contributed by atoms with van der Waals surface area (Å²) < 4.78 is 24.3. The molecule has 1 atom stereocenters. The highest BCUT2D eigenvalue weighted by Gasteiger charge is 2.21. The van der Waals surface area contributed by atoms with E-state index in [0.29, 0.717) is 10.8 Å². The number of hydrazine groups is 1. The highest BCUT2D eigenvalue weighted by Crippen LogP contribution is 2.32. The zero-order chi connectivity index (χ0) is 19.4. The molecule has 1 aromatic heterocycles. The second-order valence-corrected chi connectivity index (χ2v) is 10.0. The predicted molar refractivity (Wildman–Crippen MR) is 104 cm³/mol. The van der Waals surface area contributed by atoms with Crippen LogP contribution in [0.1, 0.15) is 39.9 Å². The van der Waals surface area contributed by atoms with Crippen LogP contribution in [0.2, 0.25) is 0 Å². The van der Waals surface area contributed by atoms with Gasteiger partial charge >= 0.3 is 0 Å². The quantitative estimate of drug-likeness (QED) is 0.746. The third-order valence-electron chi connectivity index (χ3n) is 4.57. The largest absolute Gasteiger partial charge is 0.279 e. The number of benzene rings is 1. The number of hydrogen-bond donors (Lipinski definition) is 2. The Hall–Kier alpha value is -2.19. The fourth-order valence-electron chi connectivity index (χ4n) is 3.04. The maximum atomic E-state index is 12.2. The molecule has 2 N–H and O–H groups in total. The molecule has 0 aliphatic heterocycles. The van der Waals surface area contributed by atoms with Crippen molar-refractivity contribution in [1.82, 2.24) is 10.9 Å². The van der Waals surface area contributed by atoms with Gasteiger partial charge in [0.05, 0.1) is 15.5 Å². The molecule has 0 unspecified atom stereocenters. The number of rotatable bonds is 5. The van der Waals surface area contributed by atoms with Gasteiger partial charge < -0.3 is 0 Å². The van der Waals surface area contributed by atoms with Crippen LogP contribution < -0.4 is 10.9 Å². The summed E-state index contributed by atoms with van der Waals surface area (Å²) in [6.45, 7) is 2.20. The molecule has 2 amide bonds. The predicted octanol–water partition coefficient (Wildman–Crippen LogP) is 2.50. The molecule has 27 heavy (non-hydrogen) atoms. The van der Waals surface area contributed by atoms with Crippen LogP contribution in [0, 0.1) is 5.92 Å². The summed E-state index contributed by atoms with van der Waals surface area (Å²) in [6, 6.07) is 9.87. The summed E-state index contributed by atoms with van der Waals surface area (Å²) in [4.78, 5) is 26.1. The second-order valence-electron chi connectivity index (χ2n) is 6.79. The van der Waals surface area contributed by atoms with E-state index in [1.54, 1.807) is 18.2 Å². The number of carbonyl (C=O) groups is 2. The van der Waals surface area contributed by atoms with Crippen molar-refractivity contribution < 1.29 is 18.0 Å². The normalized spacial score (nSPS) is 16.4. The van der Waals surface area contributed by atoms with Gasteiger partial charge in [-0.05, 0) is 48.9 Å². The van der Waals surface area contributed by atoms with Crippen molar-refractivity contribution >= 4 is 33.0 Å². The highest BCUT2D eigenvalue weighted by atomic mass is 32.2. The number of thiophene rings is 1. The number of fused-ring (bicyclic) bond motifs is 1. The van der Waals surface area contributed by atoms with Crippen LogP contribution >= 0.6 is 11.3 Å². The van der Waals surface area contributed by atoms with E-state index in [4.69, 9.17) is 0 Å². The Bertz CT molecular complexity index is 936. The van der Waals surface area contributed by atoms with Gasteiger partial charge in [-0.3, -0.25) is 20.4 Å². The van der Waals surface area contributed by atoms with Gasteiger partial charge in [-0.25, -0.2) is 8.42 Å². The average molecular weight is 407 g/mol. The van der Waals surface area contributed by atoms with Crippen LogP contribution in [0.15, 0.2) is 41.3 Å². The molecule has 1 aromatic carbocycles. The van der Waals surface area contributed by atoms with Gasteiger partial charge in [0, 0.05) is 11.3 Å². The van der Waals surface area contributed by atoms with Crippen molar-refractivity contribution in [1.29, 1.82) is 0 Å². The van der Waals surface area contributed by atoms with E-state index in [-0.39, 0.29) is 23.0 Å². The second kappa shape index (κ2) is 8.22. The van der Waals surface area contributed by atoms with Gasteiger partial charge in [-0.1, -0.05) is 25.1 Å². The molecule has 0 fully saturated rings. The summed E-state index contributed by atoms with van der Waals surface area (Å²) in [5.41, 5.74) is 5.88. The summed E-state index contributed by atoms with van der Waals surface area (Å²) in [5, 5.41) is 0. The lowest BCUT2D eigenvalue weighted by molar-refractivity contribution is -0.121. The topological polar surface area (TPSA) is 92.3 Å². The van der Waals surface area contributed by atoms with Crippen LogP contribution in [0.3, 0.4) is 0 Å². The first-order valence-corrected chi connectivity index (χ1v) is 11.3. The Morgan fingerprint density at radius 3 is 2.67 bits per heavy atom. The molecule has 0 saturated heterocycles. The molecule has 0 saturated carbocycles. The zero-order valence-electron chi connectivity index (χ0n) is 15.0. The maximum absolute atomic E-state index is 12.2. The summed E-state index contributed by atoms with van der Waals surface area (Å²) >= 11 is 1.45. The van der Waals surface area contributed by atoms with Crippen LogP contribution in [0.4, 0.5) is 0 Å². The van der Waals surface area contributed by atoms with Crippen molar-refractivity contribution in [2.24, 2.45) is 5.92 Å². The van der Waals surface area contributed by atoms with E-state index in [1.165, 1.54) is 33.9 Å². The minimum Gasteiger partial charge on any atom is -0.273 e. The van der Waals surface area contributed by atoms with Crippen molar-refractivity contribution in [3.8, 4) is 0 Å². The Morgan fingerprint density at radius 2 is 1.93 bits per heavy atom. The molecule has 6 nitrogen and oxygen atoms in total. The molecule has 8 heteroatoms. The first-order valence-electron chi connectivity index (χ1n) is 8.84. The summed E-state index contributed by atoms with van der Waals surface area (Å²) in [6.07, 6.45) is 2.86. The molecule has 1 heterocycles. The molecule has 144 valence electrons. The Balaban J connectivity index is 1.50. The number of aryl methyl sites for hydroxylation is 1. The van der Waals surface area contributed by atoms with Crippen LogP contribution in [-0.2, 0) is 27.5 Å². The van der Waals surface area contributed by atoms with E-state index in [2.05, 4.69) is 17.8 Å². The standard InChI is InChI=1S/C19H22N2O4S2/c1-13-7-8-16-14(11-13)12-17(26-16)19(23)21-20-18(22)9-10-27(24,25)15-5-3-2-4-6-15/h2-6,12-13H,7-11H2,1H3,(H,20,22)(H,21,23)/t13-/m1/s1. The van der Waals surface area contributed by atoms with Gasteiger partial charge in [0.15, 0.2) is 9.84 Å². The minimum atomic E-state index is -3.52. The molecule has 1 aliphatic rings. The van der Waals surface area contributed by atoms with Crippen molar-refractivity contribution in [2.75, 3.05) is 5.75 Å². The molecule has 1 aliphatic carbocycles. The van der Waals surface area contributed by atoms with Gasteiger partial charge in [0.25, 0.3) is 5.91 Å². The van der Waals surface area contributed by atoms with E-state index < -0.39 is 15.7 Å². The SMILES string of the molecule is C[C@@H]1CCc2sc(C(=O)NNC(=O)CCS(=O)(=O)c3ccccc3)cc2C1. The van der Waals surface area contributed by atoms with E-state index in [9.17, 15) is 18.0 Å². The minimum absolute atomic E-state index is 0.181. The number of amides is 2. The van der Waals surface area contributed by atoms with Crippen LogP contribution in [0.5, 0.6) is 0 Å². The fraction of sp³-hybridized carbons (Fsp3) is 0.368. The van der Waals surface area contributed by atoms with Crippen molar-refractivity contribution in [3.63, 3.8) is 0 Å². The molecular formula is C19H22N2O4S2. The lowest BCUT2D eigenvalue weighted by atomic mass is 9.90. The lowest BCUT2D eigenvalue weighted by Crippen LogP contribution is -2.41. The molecule has 2 aromatic rings. The third kappa shape index (κ3) is 4.95. The Kier molecular flexibility index (Phi) is 5.96. The summed E-state index contributed by atoms with van der Waals surface area (Å²) in [5.74, 6) is -0.613. The molecule has 3 rings (SSSR count). The summed E-state index contributed by atoms with van der Waals surface area (Å²) in [7, 11) is -3.52. The smallest absolute Gasteiger partial charge is 0.273 e. The molecule has 0 spiro atoms. The monoisotopic (exact) mass is 406 g/mol. The van der Waals surface area contributed by atoms with Crippen molar-refractivity contribution in [3.05, 3.63) is 51.7 Å². The number of sulfone groups is 1. The molecule has 0 radical (unpaired) electrons. The van der Waals surface area contributed by atoms with Gasteiger partial charge in [0.2, 0.25) is 5.91 Å². The van der Waals surface area contributed by atoms with E-state index in [1.807, 2.05) is 6.07 Å².